The van der Waals surface area contributed by atoms with Gasteiger partial charge in [-0.2, -0.15) is 0 Å². The van der Waals surface area contributed by atoms with Gasteiger partial charge < -0.3 is 10.3 Å². The topological polar surface area (TPSA) is 98.2 Å². The lowest BCUT2D eigenvalue weighted by atomic mass is 10.3. The molecule has 0 fully saturated rings. The van der Waals surface area contributed by atoms with Gasteiger partial charge in [-0.3, -0.25) is 0 Å². The highest BCUT2D eigenvalue weighted by molar-refractivity contribution is 7.89. The van der Waals surface area contributed by atoms with E-state index in [0.29, 0.717) is 5.69 Å². The Bertz CT molecular complexity index is 663. The van der Waals surface area contributed by atoms with Gasteiger partial charge in [-0.15, -0.1) is 0 Å². The summed E-state index contributed by atoms with van der Waals surface area (Å²) >= 11 is 11.7. The van der Waals surface area contributed by atoms with Crippen LogP contribution in [0.15, 0.2) is 33.9 Å². The summed E-state index contributed by atoms with van der Waals surface area (Å²) in [7, 11) is -3.87. The minimum atomic E-state index is -3.87. The maximum absolute atomic E-state index is 12.1. The molecule has 3 N–H and O–H groups in total. The lowest BCUT2D eigenvalue weighted by Crippen LogP contribution is -2.24. The molecule has 1 aromatic carbocycles. The molecule has 0 atom stereocenters. The summed E-state index contributed by atoms with van der Waals surface area (Å²) in [6.07, 6.45) is 1.34. The second-order valence-electron chi connectivity index (χ2n) is 3.63. The van der Waals surface area contributed by atoms with Crippen LogP contribution in [0.1, 0.15) is 5.69 Å². The molecule has 0 saturated heterocycles. The van der Waals surface area contributed by atoms with Crippen LogP contribution in [0.4, 0.5) is 5.69 Å². The summed E-state index contributed by atoms with van der Waals surface area (Å²) < 4.78 is 31.1. The fourth-order valence-corrected chi connectivity index (χ4v) is 3.63. The van der Waals surface area contributed by atoms with E-state index in [1.165, 1.54) is 24.5 Å². The van der Waals surface area contributed by atoms with Crippen LogP contribution in [0, 0.1) is 0 Å². The van der Waals surface area contributed by atoms with Crippen molar-refractivity contribution in [3.05, 3.63) is 40.2 Å². The molecule has 2 aromatic rings. The Morgan fingerprint density at radius 2 is 1.95 bits per heavy atom. The predicted molar refractivity (Wildman–Crippen MR) is 71.4 cm³/mol. The number of nitrogens with zero attached hydrogens (tertiary/aromatic N) is 1. The van der Waals surface area contributed by atoms with Crippen molar-refractivity contribution < 1.29 is 12.9 Å². The molecule has 0 bridgehead atoms. The molecule has 6 nitrogen and oxygen atoms in total. The van der Waals surface area contributed by atoms with E-state index in [0.717, 1.165) is 0 Å². The third-order valence-electron chi connectivity index (χ3n) is 2.22. The van der Waals surface area contributed by atoms with Crippen molar-refractivity contribution in [3.63, 3.8) is 0 Å². The zero-order chi connectivity index (χ0) is 14.0. The summed E-state index contributed by atoms with van der Waals surface area (Å²) in [5.74, 6) is 0. The molecule has 0 unspecified atom stereocenters. The van der Waals surface area contributed by atoms with Gasteiger partial charge in [0.1, 0.15) is 11.2 Å². The number of halogens is 2. The molecule has 1 heterocycles. The Morgan fingerprint density at radius 1 is 1.32 bits per heavy atom. The van der Waals surface area contributed by atoms with Gasteiger partial charge in [-0.05, 0) is 12.1 Å². The lowest BCUT2D eigenvalue weighted by molar-refractivity contribution is 0.411. The van der Waals surface area contributed by atoms with E-state index in [9.17, 15) is 8.42 Å². The van der Waals surface area contributed by atoms with Gasteiger partial charge in [-0.1, -0.05) is 28.4 Å². The van der Waals surface area contributed by atoms with Gasteiger partial charge in [0.05, 0.1) is 22.3 Å². The first kappa shape index (κ1) is 14.1. The summed E-state index contributed by atoms with van der Waals surface area (Å²) in [6.45, 7) is -0.0319. The molecule has 0 radical (unpaired) electrons. The predicted octanol–water partition coefficient (Wildman–Crippen LogP) is 2.04. The molecular weight excluding hydrogens is 313 g/mol. The van der Waals surface area contributed by atoms with Gasteiger partial charge in [0.15, 0.2) is 0 Å². The monoisotopic (exact) mass is 321 g/mol. The standard InChI is InChI=1S/C10H9Cl2N3O3S/c11-8-3-6(13)4-9(12)10(8)19(16,17)14-5-7-1-2-18-15-7/h1-4,14H,5,13H2. The zero-order valence-corrected chi connectivity index (χ0v) is 11.8. The fourth-order valence-electron chi connectivity index (χ4n) is 1.41. The van der Waals surface area contributed by atoms with Crippen LogP contribution in [0.5, 0.6) is 0 Å². The second-order valence-corrected chi connectivity index (χ2v) is 6.15. The van der Waals surface area contributed by atoms with Crippen LogP contribution in [0.3, 0.4) is 0 Å². The number of rotatable bonds is 4. The average Bonchev–Trinajstić information content (AvgIpc) is 2.77. The maximum atomic E-state index is 12.1. The Morgan fingerprint density at radius 3 is 2.47 bits per heavy atom. The van der Waals surface area contributed by atoms with Gasteiger partial charge in [0.25, 0.3) is 0 Å². The number of hydrogen-bond acceptors (Lipinski definition) is 5. The van der Waals surface area contributed by atoms with Crippen molar-refractivity contribution in [2.45, 2.75) is 11.4 Å². The third-order valence-corrected chi connectivity index (χ3v) is 4.55. The first-order valence-corrected chi connectivity index (χ1v) is 7.27. The van der Waals surface area contributed by atoms with E-state index in [-0.39, 0.29) is 27.2 Å². The Kier molecular flexibility index (Phi) is 4.00. The number of nitrogens with two attached hydrogens (primary N) is 1. The molecule has 2 rings (SSSR count). The van der Waals surface area contributed by atoms with E-state index in [1.807, 2.05) is 0 Å². The van der Waals surface area contributed by atoms with E-state index in [1.54, 1.807) is 0 Å². The number of aromatic nitrogens is 1. The quantitative estimate of drug-likeness (QED) is 0.839. The molecule has 0 amide bonds. The van der Waals surface area contributed by atoms with Crippen molar-refractivity contribution in [2.75, 3.05) is 5.73 Å². The van der Waals surface area contributed by atoms with Crippen molar-refractivity contribution in [2.24, 2.45) is 0 Å². The second kappa shape index (κ2) is 5.38. The van der Waals surface area contributed by atoms with E-state index >= 15 is 0 Å². The summed E-state index contributed by atoms with van der Waals surface area (Å²) in [5.41, 5.74) is 6.24. The van der Waals surface area contributed by atoms with Crippen molar-refractivity contribution >= 4 is 38.9 Å². The van der Waals surface area contributed by atoms with Crippen molar-refractivity contribution in [1.29, 1.82) is 0 Å². The largest absolute Gasteiger partial charge is 0.399 e. The molecule has 0 saturated carbocycles. The highest BCUT2D eigenvalue weighted by Gasteiger charge is 2.22. The average molecular weight is 322 g/mol. The number of nitrogens with one attached hydrogen (secondary N) is 1. The van der Waals surface area contributed by atoms with E-state index in [4.69, 9.17) is 28.9 Å². The third kappa shape index (κ3) is 3.19. The number of sulfonamides is 1. The van der Waals surface area contributed by atoms with Crippen molar-refractivity contribution in [3.8, 4) is 0 Å². The minimum absolute atomic E-state index is 0.0319. The lowest BCUT2D eigenvalue weighted by Gasteiger charge is -2.09. The van der Waals surface area contributed by atoms with Gasteiger partial charge in [-0.25, -0.2) is 13.1 Å². The van der Waals surface area contributed by atoms with Crippen LogP contribution in [0.25, 0.3) is 0 Å². The number of benzene rings is 1. The Hall–Kier alpha value is -1.28. The number of nitrogen functional groups attached to an aromatic ring is 1. The van der Waals surface area contributed by atoms with Crippen LogP contribution in [0.2, 0.25) is 10.0 Å². The highest BCUT2D eigenvalue weighted by atomic mass is 35.5. The summed E-state index contributed by atoms with van der Waals surface area (Å²) in [4.78, 5) is -0.214. The minimum Gasteiger partial charge on any atom is -0.399 e. The maximum Gasteiger partial charge on any atom is 0.243 e. The molecule has 102 valence electrons. The fraction of sp³-hybridized carbons (Fsp3) is 0.100. The summed E-state index contributed by atoms with van der Waals surface area (Å²) in [6, 6.07) is 4.17. The number of hydrogen-bond donors (Lipinski definition) is 2. The molecule has 0 aliphatic heterocycles. The summed E-state index contributed by atoms with van der Waals surface area (Å²) in [5, 5.41) is 3.50. The molecule has 0 spiro atoms. The van der Waals surface area contributed by atoms with Crippen molar-refractivity contribution in [1.82, 2.24) is 9.88 Å². The van der Waals surface area contributed by atoms with Crippen LogP contribution in [-0.2, 0) is 16.6 Å². The first-order valence-electron chi connectivity index (χ1n) is 5.03. The molecule has 19 heavy (non-hydrogen) atoms. The van der Waals surface area contributed by atoms with Crippen LogP contribution in [-0.4, -0.2) is 13.6 Å². The Balaban J connectivity index is 2.29. The van der Waals surface area contributed by atoms with Crippen LogP contribution >= 0.6 is 23.2 Å². The van der Waals surface area contributed by atoms with Crippen LogP contribution < -0.4 is 10.5 Å². The Labute approximate surface area is 119 Å². The first-order chi connectivity index (χ1) is 8.90. The number of anilines is 1. The van der Waals surface area contributed by atoms with Gasteiger partial charge in [0.2, 0.25) is 10.0 Å². The van der Waals surface area contributed by atoms with E-state index < -0.39 is 10.0 Å². The van der Waals surface area contributed by atoms with E-state index in [2.05, 4.69) is 14.4 Å². The molecule has 1 aromatic heterocycles. The molecular formula is C10H9Cl2N3O3S. The molecule has 0 aliphatic carbocycles. The zero-order valence-electron chi connectivity index (χ0n) is 9.43. The molecule has 0 aliphatic rings. The molecule has 9 heteroatoms. The van der Waals surface area contributed by atoms with Gasteiger partial charge >= 0.3 is 0 Å². The normalized spacial score (nSPS) is 11.7. The van der Waals surface area contributed by atoms with Gasteiger partial charge in [0, 0.05) is 11.8 Å². The smallest absolute Gasteiger partial charge is 0.243 e. The SMILES string of the molecule is Nc1cc(Cl)c(S(=O)(=O)NCc2ccon2)c(Cl)c1. The highest BCUT2D eigenvalue weighted by Crippen LogP contribution is 2.31.